The van der Waals surface area contributed by atoms with Crippen molar-refractivity contribution < 1.29 is 37.0 Å². The van der Waals surface area contributed by atoms with Crippen molar-refractivity contribution in [1.82, 2.24) is 15.1 Å². The van der Waals surface area contributed by atoms with Crippen molar-refractivity contribution in [3.8, 4) is 0 Å². The van der Waals surface area contributed by atoms with E-state index in [9.17, 15) is 23.1 Å². The lowest BCUT2D eigenvalue weighted by atomic mass is 9.82. The molecule has 12 heteroatoms. The fourth-order valence-electron chi connectivity index (χ4n) is 4.70. The van der Waals surface area contributed by atoms with Gasteiger partial charge in [0.15, 0.2) is 0 Å². The minimum absolute atomic E-state index is 0.113. The van der Waals surface area contributed by atoms with E-state index in [0.717, 1.165) is 6.04 Å². The molecule has 4 rings (SSSR count). The first-order valence-electron chi connectivity index (χ1n) is 10.6. The Morgan fingerprint density at radius 1 is 1.16 bits per heavy atom. The van der Waals surface area contributed by atoms with Crippen molar-refractivity contribution >= 4 is 14.2 Å². The fourth-order valence-corrected chi connectivity index (χ4v) is 5.61. The number of nitrogens with zero attached hydrogens (tertiary/aromatic N) is 3. The number of fused-ring (bicyclic) bond motifs is 2. The van der Waals surface area contributed by atoms with Gasteiger partial charge in [0.2, 0.25) is 11.8 Å². The molecule has 1 aromatic rings. The molecule has 0 spiro atoms. The molecule has 0 radical (unpaired) electrons. The molecule has 2 bridgehead atoms. The van der Waals surface area contributed by atoms with Gasteiger partial charge in [0.05, 0.1) is 30.3 Å². The summed E-state index contributed by atoms with van der Waals surface area (Å²) in [5.74, 6) is 0.408. The van der Waals surface area contributed by atoms with Crippen LogP contribution in [0, 0.1) is 0 Å². The molecule has 1 saturated carbocycles. The Morgan fingerprint density at radius 3 is 2.39 bits per heavy atom. The Labute approximate surface area is 179 Å². The molecule has 2 saturated heterocycles. The molecule has 2 aliphatic heterocycles. The van der Waals surface area contributed by atoms with E-state index in [4.69, 9.17) is 9.15 Å². The van der Waals surface area contributed by atoms with Gasteiger partial charge in [-0.05, 0) is 31.7 Å². The number of hydrogen-bond donors (Lipinski definition) is 1. The molecule has 1 aromatic heterocycles. The van der Waals surface area contributed by atoms with E-state index < -0.39 is 26.6 Å². The predicted octanol–water partition coefficient (Wildman–Crippen LogP) is 4.18. The minimum atomic E-state index is -4.63. The van der Waals surface area contributed by atoms with Crippen molar-refractivity contribution in [2.75, 3.05) is 6.54 Å². The van der Waals surface area contributed by atoms with Crippen molar-refractivity contribution in [2.24, 2.45) is 0 Å². The van der Waals surface area contributed by atoms with Crippen LogP contribution in [0.25, 0.3) is 0 Å². The van der Waals surface area contributed by atoms with E-state index in [-0.39, 0.29) is 42.9 Å². The van der Waals surface area contributed by atoms with Crippen molar-refractivity contribution in [3.05, 3.63) is 11.8 Å². The third kappa shape index (κ3) is 5.06. The highest BCUT2D eigenvalue weighted by Crippen LogP contribution is 2.47. The number of carboxylic acid groups (broad SMARTS) is 1. The standard InChI is InChI=1S/C19H28F3N3O5Si/c1-31(2,3)5-4-25(18(26)27)13-9-14-12(8-15(13)28-14)17-24-23-16(29-17)10-6-11(7-10)30-19(20,21)22/h10-15H,4-9H2,1-3H3,(H,26,27)/t10-,11+,12-,13-,14+,15+/m0/s1. The average Bonchev–Trinajstić information content (AvgIpc) is 3.30. The number of carbonyl (C=O) groups is 1. The van der Waals surface area contributed by atoms with Crippen molar-refractivity contribution in [3.63, 3.8) is 0 Å². The largest absolute Gasteiger partial charge is 0.522 e. The summed E-state index contributed by atoms with van der Waals surface area (Å²) < 4.78 is 52.6. The Morgan fingerprint density at radius 2 is 1.84 bits per heavy atom. The van der Waals surface area contributed by atoms with Gasteiger partial charge in [-0.2, -0.15) is 0 Å². The molecule has 1 N–H and O–H groups in total. The quantitative estimate of drug-likeness (QED) is 0.606. The lowest BCUT2D eigenvalue weighted by molar-refractivity contribution is -0.352. The van der Waals surface area contributed by atoms with E-state index in [1.807, 2.05) is 0 Å². The summed E-state index contributed by atoms with van der Waals surface area (Å²) >= 11 is 0. The third-order valence-electron chi connectivity index (χ3n) is 6.45. The Bertz CT molecular complexity index is 808. The minimum Gasteiger partial charge on any atom is -0.465 e. The molecular formula is C19H28F3N3O5Si. The number of alkyl halides is 3. The summed E-state index contributed by atoms with van der Waals surface area (Å²) in [6.45, 7) is 7.16. The second kappa shape index (κ2) is 8.04. The Kier molecular flexibility index (Phi) is 5.84. The van der Waals surface area contributed by atoms with Crippen LogP contribution >= 0.6 is 0 Å². The van der Waals surface area contributed by atoms with Crippen LogP contribution in [0.2, 0.25) is 25.7 Å². The molecule has 174 valence electrons. The highest BCUT2D eigenvalue weighted by molar-refractivity contribution is 6.76. The van der Waals surface area contributed by atoms with E-state index >= 15 is 0 Å². The maximum Gasteiger partial charge on any atom is 0.522 e. The van der Waals surface area contributed by atoms with Crippen LogP contribution in [-0.2, 0) is 9.47 Å². The van der Waals surface area contributed by atoms with Gasteiger partial charge in [-0.15, -0.1) is 23.4 Å². The molecule has 8 nitrogen and oxygen atoms in total. The average molecular weight is 464 g/mol. The molecular weight excluding hydrogens is 435 g/mol. The number of halogens is 3. The van der Waals surface area contributed by atoms with Crippen LogP contribution in [0.1, 0.15) is 49.3 Å². The van der Waals surface area contributed by atoms with E-state index in [1.165, 1.54) is 4.90 Å². The number of ether oxygens (including phenoxy) is 2. The lowest BCUT2D eigenvalue weighted by Crippen LogP contribution is -2.47. The molecule has 0 unspecified atom stereocenters. The first kappa shape index (κ1) is 22.5. The zero-order valence-corrected chi connectivity index (χ0v) is 18.8. The second-order valence-corrected chi connectivity index (χ2v) is 15.6. The Hall–Kier alpha value is -1.66. The summed E-state index contributed by atoms with van der Waals surface area (Å²) in [5.41, 5.74) is 0. The van der Waals surface area contributed by atoms with Crippen molar-refractivity contribution in [1.29, 1.82) is 0 Å². The van der Waals surface area contributed by atoms with Gasteiger partial charge in [0.25, 0.3) is 0 Å². The van der Waals surface area contributed by atoms with Crippen LogP contribution in [0.15, 0.2) is 4.42 Å². The zero-order valence-electron chi connectivity index (χ0n) is 17.8. The SMILES string of the molecule is C[Si](C)(C)CCN(C(=O)O)[C@H]1C[C@H]2O[C@@H]1C[C@@H]2c1nnc([C@H]2C[C@@H](OC(F)(F)F)C2)o1. The zero-order chi connectivity index (χ0) is 22.6. The van der Waals surface area contributed by atoms with Crippen molar-refractivity contribution in [2.45, 2.75) is 93.9 Å². The summed E-state index contributed by atoms with van der Waals surface area (Å²) in [6, 6.07) is 0.716. The van der Waals surface area contributed by atoms with Crippen LogP contribution in [0.5, 0.6) is 0 Å². The number of aromatic nitrogens is 2. The number of amides is 1. The molecule has 1 amide bonds. The number of hydrogen-bond acceptors (Lipinski definition) is 6. The molecule has 31 heavy (non-hydrogen) atoms. The normalized spacial score (nSPS) is 32.8. The van der Waals surface area contributed by atoms with Crippen LogP contribution < -0.4 is 0 Å². The highest BCUT2D eigenvalue weighted by atomic mass is 28.3. The second-order valence-electron chi connectivity index (χ2n) is 9.98. The van der Waals surface area contributed by atoms with Crippen LogP contribution in [-0.4, -0.2) is 71.6 Å². The van der Waals surface area contributed by atoms with Gasteiger partial charge in [-0.3, -0.25) is 4.74 Å². The fraction of sp³-hybridized carbons (Fsp3) is 0.842. The first-order valence-corrected chi connectivity index (χ1v) is 14.3. The van der Waals surface area contributed by atoms with Crippen LogP contribution in [0.3, 0.4) is 0 Å². The summed E-state index contributed by atoms with van der Waals surface area (Å²) in [5, 5.41) is 17.8. The van der Waals surface area contributed by atoms with E-state index in [1.54, 1.807) is 0 Å². The van der Waals surface area contributed by atoms with Gasteiger partial charge >= 0.3 is 12.5 Å². The van der Waals surface area contributed by atoms with E-state index in [0.29, 0.717) is 31.2 Å². The van der Waals surface area contributed by atoms with Gasteiger partial charge in [-0.1, -0.05) is 19.6 Å². The maximum absolute atomic E-state index is 12.3. The lowest BCUT2D eigenvalue weighted by Gasteiger charge is -2.33. The van der Waals surface area contributed by atoms with Gasteiger partial charge in [0.1, 0.15) is 0 Å². The molecule has 3 heterocycles. The van der Waals surface area contributed by atoms with Crippen LogP contribution in [0.4, 0.5) is 18.0 Å². The van der Waals surface area contributed by atoms with E-state index in [2.05, 4.69) is 34.6 Å². The predicted molar refractivity (Wildman–Crippen MR) is 105 cm³/mol. The molecule has 3 fully saturated rings. The third-order valence-corrected chi connectivity index (χ3v) is 8.18. The molecule has 3 aliphatic rings. The Balaban J connectivity index is 1.33. The maximum atomic E-state index is 12.3. The molecule has 0 aromatic carbocycles. The highest BCUT2D eigenvalue weighted by Gasteiger charge is 2.53. The summed E-state index contributed by atoms with van der Waals surface area (Å²) in [4.78, 5) is 13.3. The topological polar surface area (TPSA) is 97.9 Å². The van der Waals surface area contributed by atoms with Gasteiger partial charge in [0, 0.05) is 20.5 Å². The monoisotopic (exact) mass is 463 g/mol. The molecule has 1 aliphatic carbocycles. The van der Waals surface area contributed by atoms with Gasteiger partial charge in [-0.25, -0.2) is 4.79 Å². The summed E-state index contributed by atoms with van der Waals surface area (Å²) in [7, 11) is -1.38. The smallest absolute Gasteiger partial charge is 0.465 e. The first-order chi connectivity index (χ1) is 14.4. The van der Waals surface area contributed by atoms with Gasteiger partial charge < -0.3 is 19.2 Å². The summed E-state index contributed by atoms with van der Waals surface area (Å²) in [6.07, 6.45) is -5.26. The number of rotatable bonds is 7. The molecule has 4 atom stereocenters.